The van der Waals surface area contributed by atoms with Crippen LogP contribution in [0, 0.1) is 0 Å². The van der Waals surface area contributed by atoms with Gasteiger partial charge < -0.3 is 9.84 Å². The molecule has 0 atom stereocenters. The Bertz CT molecular complexity index is 851. The number of rotatable bonds is 5. The summed E-state index contributed by atoms with van der Waals surface area (Å²) in [7, 11) is 0. The minimum atomic E-state index is -0.296. The average molecular weight is 397 g/mol. The summed E-state index contributed by atoms with van der Waals surface area (Å²) in [5, 5.41) is 14.9. The number of hydrogen-bond acceptors (Lipinski definition) is 4. The van der Waals surface area contributed by atoms with E-state index in [4.69, 9.17) is 4.74 Å². The highest BCUT2D eigenvalue weighted by Crippen LogP contribution is 2.39. The van der Waals surface area contributed by atoms with E-state index < -0.39 is 0 Å². The monoisotopic (exact) mass is 396 g/mol. The molecular formula is C24H32N2O3. The van der Waals surface area contributed by atoms with Crippen molar-refractivity contribution in [3.05, 3.63) is 58.7 Å². The lowest BCUT2D eigenvalue weighted by molar-refractivity contribution is 0.0955. The number of carbonyl (C=O) groups excluding carboxylic acids is 1. The molecule has 0 aliphatic carbocycles. The molecule has 0 bridgehead atoms. The minimum Gasteiger partial charge on any atom is -0.507 e. The topological polar surface area (TPSA) is 70.9 Å². The van der Waals surface area contributed by atoms with Crippen LogP contribution in [0.1, 0.15) is 75.5 Å². The van der Waals surface area contributed by atoms with Crippen molar-refractivity contribution in [1.82, 2.24) is 5.43 Å². The molecule has 156 valence electrons. The van der Waals surface area contributed by atoms with Crippen LogP contribution >= 0.6 is 0 Å². The van der Waals surface area contributed by atoms with E-state index in [-0.39, 0.29) is 16.7 Å². The molecule has 1 amide bonds. The number of nitrogens with zero attached hydrogens (tertiary/aromatic N) is 1. The van der Waals surface area contributed by atoms with Crippen molar-refractivity contribution < 1.29 is 14.6 Å². The molecule has 5 heteroatoms. The van der Waals surface area contributed by atoms with E-state index in [1.54, 1.807) is 30.5 Å². The van der Waals surface area contributed by atoms with E-state index in [1.165, 1.54) is 0 Å². The van der Waals surface area contributed by atoms with Gasteiger partial charge in [0.1, 0.15) is 11.5 Å². The zero-order valence-corrected chi connectivity index (χ0v) is 18.5. The van der Waals surface area contributed by atoms with Gasteiger partial charge >= 0.3 is 0 Å². The molecule has 0 heterocycles. The fraction of sp³-hybridized carbons (Fsp3) is 0.417. The average Bonchev–Trinajstić information content (AvgIpc) is 2.61. The third-order valence-corrected chi connectivity index (χ3v) is 4.56. The van der Waals surface area contributed by atoms with Gasteiger partial charge in [-0.05, 0) is 59.7 Å². The van der Waals surface area contributed by atoms with Gasteiger partial charge in [-0.1, -0.05) is 41.5 Å². The predicted octanol–water partition coefficient (Wildman–Crippen LogP) is 5.15. The Morgan fingerprint density at radius 3 is 2.00 bits per heavy atom. The number of phenols is 1. The number of phenolic OH excluding ortho intramolecular Hbond substituents is 1. The highest BCUT2D eigenvalue weighted by Gasteiger charge is 2.26. The maximum atomic E-state index is 12.3. The molecule has 2 N–H and O–H groups in total. The van der Waals surface area contributed by atoms with Gasteiger partial charge in [0.25, 0.3) is 5.91 Å². The van der Waals surface area contributed by atoms with Crippen LogP contribution in [0.15, 0.2) is 41.5 Å². The SMILES string of the molecule is CCOc1ccc(C(=O)N/N=C/c2cc(C(C)(C)C)c(O)c(C(C)(C)C)c2)cc1. The zero-order valence-electron chi connectivity index (χ0n) is 18.5. The van der Waals surface area contributed by atoms with Gasteiger partial charge in [-0.2, -0.15) is 5.10 Å². The van der Waals surface area contributed by atoms with Gasteiger partial charge in [0, 0.05) is 16.7 Å². The number of amides is 1. The first-order valence-electron chi connectivity index (χ1n) is 9.87. The second kappa shape index (κ2) is 8.68. The molecule has 0 radical (unpaired) electrons. The molecular weight excluding hydrogens is 364 g/mol. The van der Waals surface area contributed by atoms with Crippen molar-refractivity contribution in [3.63, 3.8) is 0 Å². The molecule has 0 saturated heterocycles. The van der Waals surface area contributed by atoms with Gasteiger partial charge in [-0.3, -0.25) is 4.79 Å². The summed E-state index contributed by atoms with van der Waals surface area (Å²) in [5.74, 6) is 0.747. The molecule has 0 aromatic heterocycles. The van der Waals surface area contributed by atoms with Crippen molar-refractivity contribution >= 4 is 12.1 Å². The van der Waals surface area contributed by atoms with E-state index in [1.807, 2.05) is 19.1 Å². The second-order valence-electron chi connectivity index (χ2n) is 9.12. The molecule has 2 aromatic carbocycles. The van der Waals surface area contributed by atoms with E-state index >= 15 is 0 Å². The Kier molecular flexibility index (Phi) is 6.73. The van der Waals surface area contributed by atoms with Gasteiger partial charge in [-0.25, -0.2) is 5.43 Å². The lowest BCUT2D eigenvalue weighted by atomic mass is 9.78. The second-order valence-corrected chi connectivity index (χ2v) is 9.12. The molecule has 2 aromatic rings. The molecule has 5 nitrogen and oxygen atoms in total. The lowest BCUT2D eigenvalue weighted by Gasteiger charge is -2.27. The third kappa shape index (κ3) is 5.83. The summed E-state index contributed by atoms with van der Waals surface area (Å²) in [6.45, 7) is 14.8. The molecule has 0 fully saturated rings. The summed E-state index contributed by atoms with van der Waals surface area (Å²) in [4.78, 5) is 12.3. The number of carbonyl (C=O) groups is 1. The maximum Gasteiger partial charge on any atom is 0.271 e. The zero-order chi connectivity index (χ0) is 21.8. The van der Waals surface area contributed by atoms with E-state index in [0.29, 0.717) is 17.9 Å². The largest absolute Gasteiger partial charge is 0.507 e. The van der Waals surface area contributed by atoms with Crippen LogP contribution in [0.3, 0.4) is 0 Å². The third-order valence-electron chi connectivity index (χ3n) is 4.56. The first kappa shape index (κ1) is 22.5. The predicted molar refractivity (Wildman–Crippen MR) is 118 cm³/mol. The lowest BCUT2D eigenvalue weighted by Crippen LogP contribution is -2.19. The van der Waals surface area contributed by atoms with Crippen LogP contribution < -0.4 is 10.2 Å². The molecule has 29 heavy (non-hydrogen) atoms. The number of aromatic hydroxyl groups is 1. The quantitative estimate of drug-likeness (QED) is 0.542. The smallest absolute Gasteiger partial charge is 0.271 e. The summed E-state index contributed by atoms with van der Waals surface area (Å²) in [6.07, 6.45) is 1.61. The van der Waals surface area contributed by atoms with E-state index in [2.05, 4.69) is 52.1 Å². The van der Waals surface area contributed by atoms with Crippen molar-refractivity contribution in [3.8, 4) is 11.5 Å². The van der Waals surface area contributed by atoms with Crippen LogP contribution in [-0.2, 0) is 10.8 Å². The van der Waals surface area contributed by atoms with Gasteiger partial charge in [-0.15, -0.1) is 0 Å². The standard InChI is InChI=1S/C24H32N2O3/c1-8-29-18-11-9-17(10-12-18)22(28)26-25-15-16-13-19(23(2,3)4)21(27)20(14-16)24(5,6)7/h9-15,27H,8H2,1-7H3,(H,26,28)/b25-15+. The van der Waals surface area contributed by atoms with Crippen molar-refractivity contribution in [2.45, 2.75) is 59.3 Å². The molecule has 0 unspecified atom stereocenters. The van der Waals surface area contributed by atoms with Crippen molar-refractivity contribution in [1.29, 1.82) is 0 Å². The molecule has 0 saturated carbocycles. The van der Waals surface area contributed by atoms with E-state index in [0.717, 1.165) is 22.4 Å². The molecule has 0 aliphatic rings. The van der Waals surface area contributed by atoms with Crippen LogP contribution in [0.4, 0.5) is 0 Å². The Balaban J connectivity index is 2.24. The van der Waals surface area contributed by atoms with Gasteiger partial charge in [0.05, 0.1) is 12.8 Å². The summed E-state index contributed by atoms with van der Waals surface area (Å²) in [5.41, 5.74) is 5.14. The fourth-order valence-corrected chi connectivity index (χ4v) is 2.97. The van der Waals surface area contributed by atoms with Crippen molar-refractivity contribution in [2.75, 3.05) is 6.61 Å². The molecule has 0 aliphatic heterocycles. The summed E-state index contributed by atoms with van der Waals surface area (Å²) in [6, 6.07) is 10.7. The van der Waals surface area contributed by atoms with E-state index in [9.17, 15) is 9.90 Å². The summed E-state index contributed by atoms with van der Waals surface area (Å²) >= 11 is 0. The number of hydrogen-bond donors (Lipinski definition) is 2. The van der Waals surface area contributed by atoms with Crippen LogP contribution in [-0.4, -0.2) is 23.8 Å². The Morgan fingerprint density at radius 2 is 1.55 bits per heavy atom. The Morgan fingerprint density at radius 1 is 1.03 bits per heavy atom. The Hall–Kier alpha value is -2.82. The van der Waals surface area contributed by atoms with Crippen LogP contribution in [0.25, 0.3) is 0 Å². The first-order valence-corrected chi connectivity index (χ1v) is 9.87. The van der Waals surface area contributed by atoms with Crippen molar-refractivity contribution in [2.24, 2.45) is 5.10 Å². The van der Waals surface area contributed by atoms with Gasteiger partial charge in [0.15, 0.2) is 0 Å². The van der Waals surface area contributed by atoms with Crippen LogP contribution in [0.2, 0.25) is 0 Å². The minimum absolute atomic E-state index is 0.223. The summed E-state index contributed by atoms with van der Waals surface area (Å²) < 4.78 is 5.38. The molecule has 2 rings (SSSR count). The first-order chi connectivity index (χ1) is 13.4. The highest BCUT2D eigenvalue weighted by atomic mass is 16.5. The van der Waals surface area contributed by atoms with Gasteiger partial charge in [0.2, 0.25) is 0 Å². The highest BCUT2D eigenvalue weighted by molar-refractivity contribution is 5.95. The number of hydrazone groups is 1. The number of benzene rings is 2. The molecule has 0 spiro atoms. The Labute approximate surface area is 173 Å². The maximum absolute atomic E-state index is 12.3. The fourth-order valence-electron chi connectivity index (χ4n) is 2.97. The number of ether oxygens (including phenoxy) is 1. The normalized spacial score (nSPS) is 12.2. The van der Waals surface area contributed by atoms with Crippen LogP contribution in [0.5, 0.6) is 11.5 Å². The number of nitrogens with one attached hydrogen (secondary N) is 1.